The van der Waals surface area contributed by atoms with Crippen molar-refractivity contribution < 1.29 is 14.6 Å². The number of ether oxygens (including phenoxy) is 2. The monoisotopic (exact) mass is 305 g/mol. The van der Waals surface area contributed by atoms with Gasteiger partial charge in [0.15, 0.2) is 0 Å². The van der Waals surface area contributed by atoms with E-state index >= 15 is 0 Å². The lowest BCUT2D eigenvalue weighted by Crippen LogP contribution is -2.50. The zero-order valence-corrected chi connectivity index (χ0v) is 13.6. The Morgan fingerprint density at radius 1 is 1.27 bits per heavy atom. The van der Waals surface area contributed by atoms with Crippen molar-refractivity contribution in [3.63, 3.8) is 0 Å². The predicted molar refractivity (Wildman–Crippen MR) is 86.3 cm³/mol. The molecule has 1 aliphatic carbocycles. The summed E-state index contributed by atoms with van der Waals surface area (Å²) in [6, 6.07) is 6.64. The lowest BCUT2D eigenvalue weighted by atomic mass is 10.1. The van der Waals surface area contributed by atoms with Crippen molar-refractivity contribution in [2.24, 2.45) is 5.92 Å². The third-order valence-electron chi connectivity index (χ3n) is 4.53. The van der Waals surface area contributed by atoms with Gasteiger partial charge in [-0.1, -0.05) is 6.07 Å². The van der Waals surface area contributed by atoms with Crippen molar-refractivity contribution >= 4 is 0 Å². The highest BCUT2D eigenvalue weighted by atomic mass is 16.5. The zero-order valence-electron chi connectivity index (χ0n) is 13.6. The van der Waals surface area contributed by atoms with Gasteiger partial charge in [0, 0.05) is 19.1 Å². The second-order valence-electron chi connectivity index (χ2n) is 6.76. The molecule has 0 amide bonds. The van der Waals surface area contributed by atoms with Gasteiger partial charge in [-0.2, -0.15) is 0 Å². The molecule has 4 heteroatoms. The first-order valence-corrected chi connectivity index (χ1v) is 8.33. The highest BCUT2D eigenvalue weighted by molar-refractivity contribution is 5.32. The van der Waals surface area contributed by atoms with E-state index in [1.54, 1.807) is 0 Å². The van der Waals surface area contributed by atoms with Crippen LogP contribution in [0.25, 0.3) is 0 Å². The fourth-order valence-electron chi connectivity index (χ4n) is 3.33. The van der Waals surface area contributed by atoms with Gasteiger partial charge in [-0.3, -0.25) is 4.90 Å². The number of hydrogen-bond acceptors (Lipinski definition) is 4. The van der Waals surface area contributed by atoms with Gasteiger partial charge in [-0.05, 0) is 55.9 Å². The summed E-state index contributed by atoms with van der Waals surface area (Å²) in [7, 11) is 0. The van der Waals surface area contributed by atoms with Crippen LogP contribution in [0.15, 0.2) is 18.2 Å². The van der Waals surface area contributed by atoms with Crippen molar-refractivity contribution in [2.45, 2.75) is 38.8 Å². The molecule has 1 aromatic carbocycles. The predicted octanol–water partition coefficient (Wildman–Crippen LogP) is 2.15. The lowest BCUT2D eigenvalue weighted by molar-refractivity contribution is -0.0392. The zero-order chi connectivity index (χ0) is 15.5. The average Bonchev–Trinajstić information content (AvgIpc) is 3.29. The Kier molecular flexibility index (Phi) is 5.01. The van der Waals surface area contributed by atoms with E-state index in [1.165, 1.54) is 24.0 Å². The minimum absolute atomic E-state index is 0.345. The van der Waals surface area contributed by atoms with Crippen LogP contribution in [0.2, 0.25) is 0 Å². The molecule has 122 valence electrons. The Hall–Kier alpha value is -1.10. The second-order valence-corrected chi connectivity index (χ2v) is 6.76. The van der Waals surface area contributed by atoms with Crippen LogP contribution in [-0.2, 0) is 4.74 Å². The normalized spacial score (nSPS) is 24.2. The summed E-state index contributed by atoms with van der Waals surface area (Å²) >= 11 is 0. The van der Waals surface area contributed by atoms with Crippen LogP contribution >= 0.6 is 0 Å². The standard InChI is InChI=1S/C18H27NO3/c1-13-7-14(2)9-17(8-13)22-11-16(20)10-19-5-6-21-12-18(19)15-3-4-15/h7-9,15-16,18,20H,3-6,10-12H2,1-2H3. The van der Waals surface area contributed by atoms with Gasteiger partial charge in [-0.15, -0.1) is 0 Å². The van der Waals surface area contributed by atoms with Crippen LogP contribution in [0, 0.1) is 19.8 Å². The van der Waals surface area contributed by atoms with Gasteiger partial charge in [0.05, 0.1) is 13.2 Å². The van der Waals surface area contributed by atoms with Crippen molar-refractivity contribution in [2.75, 3.05) is 32.9 Å². The van der Waals surface area contributed by atoms with Crippen LogP contribution in [0.5, 0.6) is 5.75 Å². The Balaban J connectivity index is 1.49. The van der Waals surface area contributed by atoms with Gasteiger partial charge in [0.25, 0.3) is 0 Å². The number of nitrogens with zero attached hydrogens (tertiary/aromatic N) is 1. The maximum Gasteiger partial charge on any atom is 0.119 e. The summed E-state index contributed by atoms with van der Waals surface area (Å²) in [4.78, 5) is 2.39. The molecular formula is C18H27NO3. The fraction of sp³-hybridized carbons (Fsp3) is 0.667. The van der Waals surface area contributed by atoms with E-state index in [4.69, 9.17) is 9.47 Å². The molecule has 0 aromatic heterocycles. The average molecular weight is 305 g/mol. The molecule has 1 saturated carbocycles. The third-order valence-corrected chi connectivity index (χ3v) is 4.53. The molecule has 22 heavy (non-hydrogen) atoms. The lowest BCUT2D eigenvalue weighted by Gasteiger charge is -2.36. The summed E-state index contributed by atoms with van der Waals surface area (Å²) in [5.41, 5.74) is 2.37. The van der Waals surface area contributed by atoms with Gasteiger partial charge >= 0.3 is 0 Å². The molecular weight excluding hydrogens is 278 g/mol. The van der Waals surface area contributed by atoms with E-state index in [1.807, 2.05) is 12.1 Å². The SMILES string of the molecule is Cc1cc(C)cc(OCC(O)CN2CCOCC2C2CC2)c1. The molecule has 0 radical (unpaired) electrons. The first-order chi connectivity index (χ1) is 10.6. The molecule has 2 aliphatic rings. The molecule has 1 saturated heterocycles. The molecule has 0 bridgehead atoms. The summed E-state index contributed by atoms with van der Waals surface area (Å²) < 4.78 is 11.4. The molecule has 2 unspecified atom stereocenters. The van der Waals surface area contributed by atoms with E-state index in [0.717, 1.165) is 31.4 Å². The summed E-state index contributed by atoms with van der Waals surface area (Å²) in [6.07, 6.45) is 2.15. The largest absolute Gasteiger partial charge is 0.491 e. The topological polar surface area (TPSA) is 41.9 Å². The highest BCUT2D eigenvalue weighted by Gasteiger charge is 2.37. The minimum atomic E-state index is -0.458. The quantitative estimate of drug-likeness (QED) is 0.874. The smallest absolute Gasteiger partial charge is 0.119 e. The molecule has 2 atom stereocenters. The summed E-state index contributed by atoms with van der Waals surface area (Å²) in [6.45, 7) is 7.65. The molecule has 4 nitrogen and oxygen atoms in total. The highest BCUT2D eigenvalue weighted by Crippen LogP contribution is 2.36. The van der Waals surface area contributed by atoms with Crippen molar-refractivity contribution in [3.05, 3.63) is 29.3 Å². The number of rotatable bonds is 6. The van der Waals surface area contributed by atoms with Crippen molar-refractivity contribution in [1.29, 1.82) is 0 Å². The van der Waals surface area contributed by atoms with Crippen LogP contribution in [0.3, 0.4) is 0 Å². The number of aliphatic hydroxyl groups is 1. The molecule has 0 spiro atoms. The molecule has 2 fully saturated rings. The van der Waals surface area contributed by atoms with E-state index in [9.17, 15) is 5.11 Å². The van der Waals surface area contributed by atoms with Crippen LogP contribution in [0.4, 0.5) is 0 Å². The van der Waals surface area contributed by atoms with Crippen molar-refractivity contribution in [1.82, 2.24) is 4.90 Å². The maximum atomic E-state index is 10.3. The van der Waals surface area contributed by atoms with Crippen LogP contribution in [-0.4, -0.2) is 55.1 Å². The second kappa shape index (κ2) is 6.99. The van der Waals surface area contributed by atoms with E-state index < -0.39 is 6.10 Å². The van der Waals surface area contributed by atoms with Crippen LogP contribution < -0.4 is 4.74 Å². The van der Waals surface area contributed by atoms with Gasteiger partial charge in [0.1, 0.15) is 18.5 Å². The number of benzene rings is 1. The molecule has 1 heterocycles. The fourth-order valence-corrected chi connectivity index (χ4v) is 3.33. The van der Waals surface area contributed by atoms with Gasteiger partial charge < -0.3 is 14.6 Å². The third kappa shape index (κ3) is 4.22. The van der Waals surface area contributed by atoms with Crippen molar-refractivity contribution in [3.8, 4) is 5.75 Å². The van der Waals surface area contributed by atoms with Gasteiger partial charge in [-0.25, -0.2) is 0 Å². The summed E-state index contributed by atoms with van der Waals surface area (Å²) in [5, 5.41) is 10.3. The summed E-state index contributed by atoms with van der Waals surface area (Å²) in [5.74, 6) is 1.62. The van der Waals surface area contributed by atoms with E-state index in [0.29, 0.717) is 19.2 Å². The molecule has 1 aromatic rings. The number of hydrogen-bond donors (Lipinski definition) is 1. The first kappa shape index (κ1) is 15.8. The maximum absolute atomic E-state index is 10.3. The number of morpholine rings is 1. The Labute approximate surface area is 133 Å². The van der Waals surface area contributed by atoms with Crippen LogP contribution in [0.1, 0.15) is 24.0 Å². The van der Waals surface area contributed by atoms with E-state index in [-0.39, 0.29) is 0 Å². The van der Waals surface area contributed by atoms with E-state index in [2.05, 4.69) is 24.8 Å². The number of aliphatic hydroxyl groups excluding tert-OH is 1. The molecule has 1 N–H and O–H groups in total. The minimum Gasteiger partial charge on any atom is -0.491 e. The number of β-amino-alcohol motifs (C(OH)–C–C–N with tert-alkyl or cyclic N) is 1. The van der Waals surface area contributed by atoms with Gasteiger partial charge in [0.2, 0.25) is 0 Å². The number of aryl methyl sites for hydroxylation is 2. The Morgan fingerprint density at radius 3 is 2.68 bits per heavy atom. The molecule has 3 rings (SSSR count). The Bertz CT molecular complexity index is 481. The Morgan fingerprint density at radius 2 is 2.00 bits per heavy atom. The molecule has 1 aliphatic heterocycles. The first-order valence-electron chi connectivity index (χ1n) is 8.33.